The molecule has 1 saturated heterocycles. The van der Waals surface area contributed by atoms with Crippen molar-refractivity contribution >= 4 is 5.97 Å². The smallest absolute Gasteiger partial charge is 0.308 e. The minimum absolute atomic E-state index is 0.0684. The van der Waals surface area contributed by atoms with Crippen LogP contribution in [0.2, 0.25) is 0 Å². The Kier molecular flexibility index (Phi) is 1.39. The van der Waals surface area contributed by atoms with Crippen LogP contribution < -0.4 is 0 Å². The molecule has 1 atom stereocenters. The minimum atomic E-state index is -0.256. The van der Waals surface area contributed by atoms with Gasteiger partial charge in [0.1, 0.15) is 0 Å². The molecule has 0 aromatic rings. The van der Waals surface area contributed by atoms with Crippen LogP contribution in [0, 0.1) is 6.61 Å². The van der Waals surface area contributed by atoms with Gasteiger partial charge in [-0.2, -0.15) is 0 Å². The molecule has 1 fully saturated rings. The third-order valence-corrected chi connectivity index (χ3v) is 0.779. The zero-order chi connectivity index (χ0) is 5.98. The molecule has 3 nitrogen and oxygen atoms in total. The van der Waals surface area contributed by atoms with Crippen LogP contribution in [-0.4, -0.2) is 18.7 Å². The summed E-state index contributed by atoms with van der Waals surface area (Å²) in [5.74, 6) is -0.256. The Balaban J connectivity index is 1.95. The molecule has 1 aliphatic rings. The van der Waals surface area contributed by atoms with Gasteiger partial charge in [-0.3, -0.25) is 4.79 Å². The first-order valence-electron chi connectivity index (χ1n) is 2.41. The molecule has 0 radical (unpaired) electrons. The third-order valence-electron chi connectivity index (χ3n) is 0.779. The summed E-state index contributed by atoms with van der Waals surface area (Å²) in [4.78, 5) is 10.1. The first-order chi connectivity index (χ1) is 3.79. The summed E-state index contributed by atoms with van der Waals surface area (Å²) >= 11 is 0. The normalized spacial score (nSPS) is 23.9. The van der Waals surface area contributed by atoms with Gasteiger partial charge in [-0.05, 0) is 0 Å². The van der Waals surface area contributed by atoms with E-state index in [2.05, 4.69) is 9.47 Å². The molecule has 44 valence electrons. The van der Waals surface area contributed by atoms with Crippen LogP contribution in [0.3, 0.4) is 0 Å². The molecule has 0 unspecified atom stereocenters. The number of hydrogen-bond acceptors (Lipinski definition) is 3. The lowest BCUT2D eigenvalue weighted by Crippen LogP contribution is -2.04. The van der Waals surface area contributed by atoms with Gasteiger partial charge in [0.25, 0.3) is 6.61 Å². The fourth-order valence-electron chi connectivity index (χ4n) is 0.334. The minimum Gasteiger partial charge on any atom is -0.458 e. The summed E-state index contributed by atoms with van der Waals surface area (Å²) in [6.07, 6.45) is 0.0684. The highest BCUT2D eigenvalue weighted by molar-refractivity contribution is 5.65. The fourth-order valence-corrected chi connectivity index (χ4v) is 0.334. The van der Waals surface area contributed by atoms with E-state index in [0.29, 0.717) is 6.61 Å². The van der Waals surface area contributed by atoms with Crippen molar-refractivity contribution in [3.63, 3.8) is 0 Å². The molecule has 0 saturated carbocycles. The standard InChI is InChI=1S/C5H7O3/c1-4(6)7-2-5-3-8-5/h3,5H,2H2,1H3/q+1/t5-/m0/s1. The van der Waals surface area contributed by atoms with Crippen molar-refractivity contribution in [3.05, 3.63) is 6.61 Å². The van der Waals surface area contributed by atoms with Crippen molar-refractivity contribution < 1.29 is 14.3 Å². The molecular formula is C5H7O3+. The Hall–Kier alpha value is -0.700. The number of hydrogen-bond donors (Lipinski definition) is 0. The van der Waals surface area contributed by atoms with E-state index >= 15 is 0 Å². The highest BCUT2D eigenvalue weighted by Crippen LogP contribution is 2.14. The maximum absolute atomic E-state index is 10.1. The van der Waals surface area contributed by atoms with Crippen molar-refractivity contribution in [1.29, 1.82) is 0 Å². The van der Waals surface area contributed by atoms with Crippen molar-refractivity contribution in [2.24, 2.45) is 0 Å². The third kappa shape index (κ3) is 1.84. The van der Waals surface area contributed by atoms with Gasteiger partial charge in [0, 0.05) is 6.92 Å². The summed E-state index contributed by atoms with van der Waals surface area (Å²) in [6, 6.07) is 0. The predicted octanol–water partition coefficient (Wildman–Crippen LogP) is 0.110. The second-order valence-electron chi connectivity index (χ2n) is 1.61. The van der Waals surface area contributed by atoms with E-state index in [1.54, 1.807) is 6.61 Å². The van der Waals surface area contributed by atoms with E-state index in [9.17, 15) is 4.79 Å². The van der Waals surface area contributed by atoms with Crippen molar-refractivity contribution in [2.75, 3.05) is 6.61 Å². The van der Waals surface area contributed by atoms with E-state index in [-0.39, 0.29) is 12.1 Å². The van der Waals surface area contributed by atoms with E-state index in [4.69, 9.17) is 0 Å². The lowest BCUT2D eigenvalue weighted by atomic mass is 10.5. The van der Waals surface area contributed by atoms with Gasteiger partial charge in [-0.1, -0.05) is 0 Å². The van der Waals surface area contributed by atoms with Crippen LogP contribution in [0.4, 0.5) is 0 Å². The number of epoxide rings is 1. The predicted molar refractivity (Wildman–Crippen MR) is 25.8 cm³/mol. The van der Waals surface area contributed by atoms with Crippen LogP contribution in [0.15, 0.2) is 0 Å². The summed E-state index contributed by atoms with van der Waals surface area (Å²) in [6.45, 7) is 3.38. The maximum Gasteiger partial charge on any atom is 0.308 e. The van der Waals surface area contributed by atoms with Gasteiger partial charge >= 0.3 is 12.1 Å². The second kappa shape index (κ2) is 2.05. The molecule has 1 heterocycles. The maximum atomic E-state index is 10.1. The average molecular weight is 115 g/mol. The van der Waals surface area contributed by atoms with Gasteiger partial charge in [-0.15, -0.1) is 4.74 Å². The Morgan fingerprint density at radius 2 is 2.62 bits per heavy atom. The molecule has 0 bridgehead atoms. The molecule has 0 N–H and O–H groups in total. The summed E-state index contributed by atoms with van der Waals surface area (Å²) in [7, 11) is 0. The SMILES string of the molecule is CC(=O)OC[C@H]1[CH+]O1. The first-order valence-corrected chi connectivity index (χ1v) is 2.41. The van der Waals surface area contributed by atoms with Crippen LogP contribution in [0.25, 0.3) is 0 Å². The van der Waals surface area contributed by atoms with Gasteiger partial charge < -0.3 is 4.74 Å². The lowest BCUT2D eigenvalue weighted by Gasteiger charge is -1.90. The summed E-state index contributed by atoms with van der Waals surface area (Å²) in [5.41, 5.74) is 0. The van der Waals surface area contributed by atoms with E-state index in [1.165, 1.54) is 6.92 Å². The van der Waals surface area contributed by atoms with Crippen molar-refractivity contribution in [2.45, 2.75) is 13.0 Å². The zero-order valence-electron chi connectivity index (χ0n) is 4.59. The number of ether oxygens (including phenoxy) is 2. The quantitative estimate of drug-likeness (QED) is 0.291. The van der Waals surface area contributed by atoms with Gasteiger partial charge in [0.05, 0.1) is 0 Å². The fraction of sp³-hybridized carbons (Fsp3) is 0.600. The van der Waals surface area contributed by atoms with E-state index in [1.807, 2.05) is 0 Å². The largest absolute Gasteiger partial charge is 0.458 e. The monoisotopic (exact) mass is 115 g/mol. The van der Waals surface area contributed by atoms with Crippen LogP contribution in [0.5, 0.6) is 0 Å². The Morgan fingerprint density at radius 1 is 2.00 bits per heavy atom. The Labute approximate surface area is 47.6 Å². The molecule has 3 heteroatoms. The number of carbonyl (C=O) groups excluding carboxylic acids is 1. The van der Waals surface area contributed by atoms with Gasteiger partial charge in [0.15, 0.2) is 6.61 Å². The van der Waals surface area contributed by atoms with Crippen molar-refractivity contribution in [1.82, 2.24) is 0 Å². The van der Waals surface area contributed by atoms with Crippen LogP contribution in [-0.2, 0) is 14.3 Å². The highest BCUT2D eigenvalue weighted by atomic mass is 16.6. The summed E-state index contributed by atoms with van der Waals surface area (Å²) in [5, 5.41) is 0. The Bertz CT molecular complexity index is 95.8. The van der Waals surface area contributed by atoms with Crippen molar-refractivity contribution in [3.8, 4) is 0 Å². The average Bonchev–Trinajstić information content (AvgIpc) is 2.41. The number of esters is 1. The number of rotatable bonds is 2. The highest BCUT2D eigenvalue weighted by Gasteiger charge is 2.40. The topological polar surface area (TPSA) is 38.8 Å². The number of carbonyl (C=O) groups is 1. The first kappa shape index (κ1) is 5.44. The van der Waals surface area contributed by atoms with Crippen LogP contribution in [0.1, 0.15) is 6.92 Å². The molecule has 1 rings (SSSR count). The molecule has 0 spiro atoms. The molecular weight excluding hydrogens is 108 g/mol. The lowest BCUT2D eigenvalue weighted by molar-refractivity contribution is -0.141. The second-order valence-corrected chi connectivity index (χ2v) is 1.61. The molecule has 1 aliphatic heterocycles. The molecule has 0 aliphatic carbocycles. The molecule has 0 aromatic carbocycles. The molecule has 8 heavy (non-hydrogen) atoms. The van der Waals surface area contributed by atoms with Crippen LogP contribution >= 0.6 is 0 Å². The summed E-state index contributed by atoms with van der Waals surface area (Å²) < 4.78 is 9.23. The van der Waals surface area contributed by atoms with E-state index in [0.717, 1.165) is 0 Å². The zero-order valence-corrected chi connectivity index (χ0v) is 4.59. The van der Waals surface area contributed by atoms with E-state index < -0.39 is 0 Å². The Morgan fingerprint density at radius 3 is 3.00 bits per heavy atom. The molecule has 0 aromatic heterocycles. The van der Waals surface area contributed by atoms with Gasteiger partial charge in [-0.25, -0.2) is 0 Å². The molecule has 0 amide bonds. The van der Waals surface area contributed by atoms with Gasteiger partial charge in [0.2, 0.25) is 0 Å².